The summed E-state index contributed by atoms with van der Waals surface area (Å²) < 4.78 is 5.74. The highest BCUT2D eigenvalue weighted by atomic mass is 35.5. The Morgan fingerprint density at radius 3 is 2.12 bits per heavy atom. The zero-order chi connectivity index (χ0) is 24.4. The second kappa shape index (κ2) is 10.0. The summed E-state index contributed by atoms with van der Waals surface area (Å²) in [6.07, 6.45) is 0. The number of hydrogen-bond acceptors (Lipinski definition) is 5. The molecule has 0 unspecified atom stereocenters. The summed E-state index contributed by atoms with van der Waals surface area (Å²) in [6, 6.07) is 12.1. The van der Waals surface area contributed by atoms with Gasteiger partial charge >= 0.3 is 0 Å². The van der Waals surface area contributed by atoms with Crippen LogP contribution >= 0.6 is 11.6 Å². The monoisotopic (exact) mass is 478 g/mol. The van der Waals surface area contributed by atoms with Gasteiger partial charge in [0, 0.05) is 36.8 Å². The summed E-state index contributed by atoms with van der Waals surface area (Å²) in [6.45, 7) is 12.9. The zero-order valence-electron chi connectivity index (χ0n) is 20.5. The molecule has 2 heterocycles. The fourth-order valence-electron chi connectivity index (χ4n) is 4.28. The number of hydrogen-bond donors (Lipinski definition) is 0. The molecule has 1 aliphatic rings. The van der Waals surface area contributed by atoms with Crippen molar-refractivity contribution in [1.29, 1.82) is 0 Å². The lowest BCUT2D eigenvalue weighted by Gasteiger charge is -2.35. The molecule has 0 spiro atoms. The van der Waals surface area contributed by atoms with Gasteiger partial charge in [0.2, 0.25) is 0 Å². The number of nitrogens with zero attached hydrogens (tertiary/aromatic N) is 4. The number of aromatic nitrogens is 2. The van der Waals surface area contributed by atoms with Gasteiger partial charge in [0.1, 0.15) is 5.75 Å². The molecule has 1 saturated heterocycles. The number of piperazine rings is 1. The lowest BCUT2D eigenvalue weighted by Crippen LogP contribution is -2.50. The van der Waals surface area contributed by atoms with Gasteiger partial charge in [-0.15, -0.1) is 10.2 Å². The normalized spacial score (nSPS) is 13.8. The first kappa shape index (κ1) is 24.0. The fourth-order valence-corrected chi connectivity index (χ4v) is 4.39. The molecule has 0 bridgehead atoms. The quantitative estimate of drug-likeness (QED) is 0.512. The summed E-state index contributed by atoms with van der Waals surface area (Å²) in [5, 5.41) is 9.70. The van der Waals surface area contributed by atoms with Crippen LogP contribution in [0.5, 0.6) is 5.75 Å². The second-order valence-electron chi connectivity index (χ2n) is 9.06. The third kappa shape index (κ3) is 5.17. The molecule has 34 heavy (non-hydrogen) atoms. The molecule has 6 nitrogen and oxygen atoms in total. The van der Waals surface area contributed by atoms with Crippen molar-refractivity contribution >= 4 is 23.3 Å². The van der Waals surface area contributed by atoms with Gasteiger partial charge in [-0.2, -0.15) is 0 Å². The molecule has 0 radical (unpaired) electrons. The predicted molar refractivity (Wildman–Crippen MR) is 137 cm³/mol. The molecule has 1 fully saturated rings. The molecular formula is C27H31ClN4O2. The Labute approximate surface area is 206 Å². The maximum atomic E-state index is 12.7. The van der Waals surface area contributed by atoms with Gasteiger partial charge < -0.3 is 14.5 Å². The van der Waals surface area contributed by atoms with E-state index in [1.165, 1.54) is 16.7 Å². The Morgan fingerprint density at radius 2 is 1.50 bits per heavy atom. The minimum atomic E-state index is -0.0171. The lowest BCUT2D eigenvalue weighted by molar-refractivity contribution is -0.133. The van der Waals surface area contributed by atoms with Crippen molar-refractivity contribution < 1.29 is 9.53 Å². The summed E-state index contributed by atoms with van der Waals surface area (Å²) >= 11 is 6.21. The van der Waals surface area contributed by atoms with Gasteiger partial charge in [-0.05, 0) is 92.8 Å². The minimum absolute atomic E-state index is 0.0171. The van der Waals surface area contributed by atoms with Gasteiger partial charge in [-0.25, -0.2) is 0 Å². The van der Waals surface area contributed by atoms with Crippen molar-refractivity contribution in [1.82, 2.24) is 15.1 Å². The smallest absolute Gasteiger partial charge is 0.260 e. The molecule has 1 amide bonds. The number of aryl methyl sites for hydroxylation is 5. The van der Waals surface area contributed by atoms with E-state index in [-0.39, 0.29) is 12.5 Å². The van der Waals surface area contributed by atoms with Crippen LogP contribution < -0.4 is 9.64 Å². The molecule has 1 aliphatic heterocycles. The molecule has 1 aromatic heterocycles. The van der Waals surface area contributed by atoms with Crippen molar-refractivity contribution in [2.45, 2.75) is 34.6 Å². The number of anilines is 1. The van der Waals surface area contributed by atoms with Gasteiger partial charge in [0.15, 0.2) is 12.4 Å². The average Bonchev–Trinajstić information content (AvgIpc) is 2.83. The van der Waals surface area contributed by atoms with Gasteiger partial charge in [0.05, 0.1) is 5.69 Å². The van der Waals surface area contributed by atoms with Crippen LogP contribution in [0.1, 0.15) is 27.8 Å². The Morgan fingerprint density at radius 1 is 0.853 bits per heavy atom. The highest BCUT2D eigenvalue weighted by Crippen LogP contribution is 2.27. The van der Waals surface area contributed by atoms with Gasteiger partial charge in [-0.1, -0.05) is 17.7 Å². The lowest BCUT2D eigenvalue weighted by atomic mass is 9.99. The minimum Gasteiger partial charge on any atom is -0.484 e. The van der Waals surface area contributed by atoms with Crippen LogP contribution in [0.2, 0.25) is 5.02 Å². The Hall–Kier alpha value is -3.12. The van der Waals surface area contributed by atoms with E-state index in [9.17, 15) is 4.79 Å². The molecule has 0 saturated carbocycles. The first-order chi connectivity index (χ1) is 16.2. The summed E-state index contributed by atoms with van der Waals surface area (Å²) in [5.41, 5.74) is 7.60. The maximum absolute atomic E-state index is 12.7. The van der Waals surface area contributed by atoms with Crippen LogP contribution in [0.15, 0.2) is 36.4 Å². The number of amides is 1. The van der Waals surface area contributed by atoms with E-state index >= 15 is 0 Å². The van der Waals surface area contributed by atoms with Crippen LogP contribution in [0.25, 0.3) is 11.3 Å². The number of carbonyl (C=O) groups is 1. The van der Waals surface area contributed by atoms with E-state index in [1.807, 2.05) is 43.0 Å². The van der Waals surface area contributed by atoms with Crippen LogP contribution in [0.3, 0.4) is 0 Å². The predicted octanol–water partition coefficient (Wildman–Crippen LogP) is 5.07. The highest BCUT2D eigenvalue weighted by molar-refractivity contribution is 6.32. The first-order valence-electron chi connectivity index (χ1n) is 11.6. The zero-order valence-corrected chi connectivity index (χ0v) is 21.2. The van der Waals surface area contributed by atoms with E-state index in [0.717, 1.165) is 33.2 Å². The molecule has 0 atom stereocenters. The Kier molecular flexibility index (Phi) is 7.08. The molecule has 0 N–H and O–H groups in total. The van der Waals surface area contributed by atoms with Crippen LogP contribution in [0, 0.1) is 34.6 Å². The van der Waals surface area contributed by atoms with Gasteiger partial charge in [-0.3, -0.25) is 4.79 Å². The number of ether oxygens (including phenoxy) is 1. The molecule has 0 aliphatic carbocycles. The van der Waals surface area contributed by atoms with Crippen molar-refractivity contribution in [2.75, 3.05) is 37.7 Å². The standard InChI is InChI=1S/C27H31ClN4O2/c1-17-12-19(3)23(15-18(17)2)24-6-7-25(30-29-24)31-8-10-32(11-9-31)26(33)16-34-22-13-20(4)27(28)21(5)14-22/h6-7,12-15H,8-11,16H2,1-5H3. The van der Waals surface area contributed by atoms with E-state index in [0.29, 0.717) is 31.9 Å². The SMILES string of the molecule is Cc1cc(C)c(-c2ccc(N3CCN(C(=O)COc4cc(C)c(Cl)c(C)c4)CC3)nn2)cc1C. The topological polar surface area (TPSA) is 58.6 Å². The van der Waals surface area contributed by atoms with E-state index in [4.69, 9.17) is 16.3 Å². The van der Waals surface area contributed by atoms with Crippen molar-refractivity contribution in [3.8, 4) is 17.0 Å². The molecule has 178 valence electrons. The van der Waals surface area contributed by atoms with E-state index in [2.05, 4.69) is 48.0 Å². The third-order valence-electron chi connectivity index (χ3n) is 6.50. The summed E-state index contributed by atoms with van der Waals surface area (Å²) in [5.74, 6) is 1.48. The second-order valence-corrected chi connectivity index (χ2v) is 9.43. The molecule has 3 aromatic rings. The maximum Gasteiger partial charge on any atom is 0.260 e. The van der Waals surface area contributed by atoms with Crippen molar-refractivity contribution in [3.05, 3.63) is 69.2 Å². The largest absolute Gasteiger partial charge is 0.484 e. The Bertz CT molecular complexity index is 1180. The van der Waals surface area contributed by atoms with Gasteiger partial charge in [0.25, 0.3) is 5.91 Å². The Balaban J connectivity index is 1.33. The molecule has 2 aromatic carbocycles. The number of halogens is 1. The number of benzene rings is 2. The molecule has 7 heteroatoms. The number of rotatable bonds is 5. The highest BCUT2D eigenvalue weighted by Gasteiger charge is 2.23. The van der Waals surface area contributed by atoms with Crippen molar-refractivity contribution in [2.24, 2.45) is 0 Å². The van der Waals surface area contributed by atoms with E-state index < -0.39 is 0 Å². The first-order valence-corrected chi connectivity index (χ1v) is 11.9. The summed E-state index contributed by atoms with van der Waals surface area (Å²) in [7, 11) is 0. The van der Waals surface area contributed by atoms with E-state index in [1.54, 1.807) is 0 Å². The molecular weight excluding hydrogens is 448 g/mol. The van der Waals surface area contributed by atoms with Crippen molar-refractivity contribution in [3.63, 3.8) is 0 Å². The fraction of sp³-hybridized carbons (Fsp3) is 0.370. The molecule has 4 rings (SSSR count). The van der Waals surface area contributed by atoms with Crippen LogP contribution in [-0.4, -0.2) is 53.8 Å². The third-order valence-corrected chi connectivity index (χ3v) is 7.09. The number of carbonyl (C=O) groups excluding carboxylic acids is 1. The van der Waals surface area contributed by atoms with Crippen LogP contribution in [0.4, 0.5) is 5.82 Å². The van der Waals surface area contributed by atoms with Crippen LogP contribution in [-0.2, 0) is 4.79 Å². The average molecular weight is 479 g/mol. The summed E-state index contributed by atoms with van der Waals surface area (Å²) in [4.78, 5) is 16.7.